The highest BCUT2D eigenvalue weighted by atomic mass is 16.6. The van der Waals surface area contributed by atoms with Gasteiger partial charge in [-0.15, -0.1) is 4.98 Å². The van der Waals surface area contributed by atoms with E-state index in [9.17, 15) is 4.79 Å². The monoisotopic (exact) mass is 216 g/mol. The molecule has 0 spiro atoms. The number of aromatic nitrogens is 1. The van der Waals surface area contributed by atoms with Gasteiger partial charge in [-0.1, -0.05) is 12.6 Å². The molecule has 1 fully saturated rings. The smallest absolute Gasteiger partial charge is 0.303 e. The molecule has 1 heterocycles. The maximum Gasteiger partial charge on any atom is 0.303 e. The Hall–Kier alpha value is -1.89. The van der Waals surface area contributed by atoms with Crippen LogP contribution in [0.2, 0.25) is 0 Å². The molecule has 1 aliphatic rings. The van der Waals surface area contributed by atoms with E-state index in [1.54, 1.807) is 12.1 Å². The van der Waals surface area contributed by atoms with Gasteiger partial charge in [-0.05, 0) is 31.4 Å². The van der Waals surface area contributed by atoms with Crippen LogP contribution in [-0.2, 0) is 15.1 Å². The Balaban J connectivity index is 2.33. The molecule has 0 atom stereocenters. The topological polar surface area (TPSA) is 43.5 Å². The Morgan fingerprint density at radius 1 is 1.56 bits per heavy atom. The van der Waals surface area contributed by atoms with Gasteiger partial charge in [0.2, 0.25) is 0 Å². The van der Waals surface area contributed by atoms with Crippen molar-refractivity contribution in [3.05, 3.63) is 35.3 Å². The van der Waals surface area contributed by atoms with E-state index in [4.69, 9.17) is 11.3 Å². The molecular formula is C12H12N2O2. The molecule has 4 nitrogen and oxygen atoms in total. The lowest BCUT2D eigenvalue weighted by Gasteiger charge is -2.38. The second-order valence-corrected chi connectivity index (χ2v) is 3.93. The Morgan fingerprint density at radius 2 is 2.31 bits per heavy atom. The van der Waals surface area contributed by atoms with Crippen molar-refractivity contribution in [1.82, 2.24) is 4.98 Å². The summed E-state index contributed by atoms with van der Waals surface area (Å²) >= 11 is 0. The summed E-state index contributed by atoms with van der Waals surface area (Å²) < 4.78 is 5.36. The number of ether oxygens (including phenoxy) is 1. The van der Waals surface area contributed by atoms with Crippen LogP contribution in [0.3, 0.4) is 0 Å². The first-order valence-electron chi connectivity index (χ1n) is 5.21. The third-order valence-corrected chi connectivity index (χ3v) is 2.82. The van der Waals surface area contributed by atoms with Crippen molar-refractivity contribution in [3.8, 4) is 0 Å². The summed E-state index contributed by atoms with van der Waals surface area (Å²) in [6, 6.07) is 5.24. The molecular weight excluding hydrogens is 204 g/mol. The fourth-order valence-corrected chi connectivity index (χ4v) is 1.92. The van der Waals surface area contributed by atoms with Crippen LogP contribution >= 0.6 is 0 Å². The van der Waals surface area contributed by atoms with Gasteiger partial charge in [0.25, 0.3) is 5.82 Å². The van der Waals surface area contributed by atoms with Gasteiger partial charge in [0.15, 0.2) is 11.3 Å². The van der Waals surface area contributed by atoms with E-state index in [-0.39, 0.29) is 5.97 Å². The van der Waals surface area contributed by atoms with Crippen molar-refractivity contribution >= 4 is 11.8 Å². The highest BCUT2D eigenvalue weighted by Gasteiger charge is 2.45. The minimum Gasteiger partial charge on any atom is -0.450 e. The fraction of sp³-hybridized carbons (Fsp3) is 0.417. The van der Waals surface area contributed by atoms with Crippen LogP contribution in [-0.4, -0.2) is 11.0 Å². The second kappa shape index (κ2) is 3.93. The van der Waals surface area contributed by atoms with Crippen molar-refractivity contribution in [2.45, 2.75) is 31.8 Å². The van der Waals surface area contributed by atoms with Crippen molar-refractivity contribution in [3.63, 3.8) is 0 Å². The third-order valence-electron chi connectivity index (χ3n) is 2.82. The molecule has 1 aromatic rings. The molecule has 16 heavy (non-hydrogen) atoms. The number of pyridine rings is 1. The average Bonchev–Trinajstić information content (AvgIpc) is 2.23. The van der Waals surface area contributed by atoms with E-state index >= 15 is 0 Å². The van der Waals surface area contributed by atoms with Gasteiger partial charge in [0.1, 0.15) is 0 Å². The molecule has 1 saturated carbocycles. The van der Waals surface area contributed by atoms with E-state index in [0.717, 1.165) is 19.3 Å². The zero-order valence-electron chi connectivity index (χ0n) is 9.06. The molecule has 0 bridgehead atoms. The number of rotatable bonds is 2. The van der Waals surface area contributed by atoms with Gasteiger partial charge >= 0.3 is 5.97 Å². The summed E-state index contributed by atoms with van der Waals surface area (Å²) in [5.74, 6) is 0.0469. The number of carbonyl (C=O) groups excluding carboxylic acids is 1. The lowest BCUT2D eigenvalue weighted by atomic mass is 9.77. The summed E-state index contributed by atoms with van der Waals surface area (Å²) in [5, 5.41) is 0. The van der Waals surface area contributed by atoms with Gasteiger partial charge < -0.3 is 9.58 Å². The first-order chi connectivity index (χ1) is 7.66. The van der Waals surface area contributed by atoms with Crippen LogP contribution in [0.25, 0.3) is 4.85 Å². The molecule has 4 heteroatoms. The zero-order chi connectivity index (χ0) is 11.6. The average molecular weight is 216 g/mol. The predicted octanol–water partition coefficient (Wildman–Crippen LogP) is 2.57. The zero-order valence-corrected chi connectivity index (χ0v) is 9.06. The van der Waals surface area contributed by atoms with Crippen LogP contribution < -0.4 is 0 Å². The van der Waals surface area contributed by atoms with Gasteiger partial charge in [0.05, 0.1) is 0 Å². The molecule has 2 rings (SSSR count). The fourth-order valence-electron chi connectivity index (χ4n) is 1.92. The number of hydrogen-bond acceptors (Lipinski definition) is 3. The molecule has 0 saturated heterocycles. The van der Waals surface area contributed by atoms with E-state index in [0.29, 0.717) is 11.5 Å². The van der Waals surface area contributed by atoms with Gasteiger partial charge in [-0.3, -0.25) is 4.79 Å². The molecule has 0 radical (unpaired) electrons. The predicted molar refractivity (Wildman–Crippen MR) is 57.8 cm³/mol. The quantitative estimate of drug-likeness (QED) is 0.563. The number of hydrogen-bond donors (Lipinski definition) is 0. The largest absolute Gasteiger partial charge is 0.450 e. The van der Waals surface area contributed by atoms with Gasteiger partial charge in [-0.2, -0.15) is 0 Å². The highest BCUT2D eigenvalue weighted by molar-refractivity contribution is 5.67. The number of esters is 1. The Bertz CT molecular complexity index is 458. The van der Waals surface area contributed by atoms with Crippen LogP contribution in [0.15, 0.2) is 18.2 Å². The lowest BCUT2D eigenvalue weighted by Crippen LogP contribution is -2.39. The third kappa shape index (κ3) is 1.76. The van der Waals surface area contributed by atoms with E-state index in [2.05, 4.69) is 9.83 Å². The first kappa shape index (κ1) is 10.6. The second-order valence-electron chi connectivity index (χ2n) is 3.93. The summed E-state index contributed by atoms with van der Waals surface area (Å²) in [7, 11) is 0. The Labute approximate surface area is 94.1 Å². The van der Waals surface area contributed by atoms with E-state index < -0.39 is 5.60 Å². The Morgan fingerprint density at radius 3 is 2.81 bits per heavy atom. The minimum absolute atomic E-state index is 0.297. The highest BCUT2D eigenvalue weighted by Crippen LogP contribution is 2.44. The van der Waals surface area contributed by atoms with Gasteiger partial charge in [-0.25, -0.2) is 0 Å². The summed E-state index contributed by atoms with van der Waals surface area (Å²) in [5.41, 5.74) is 0.120. The van der Waals surface area contributed by atoms with Crippen LogP contribution in [0.1, 0.15) is 31.9 Å². The molecule has 0 N–H and O–H groups in total. The summed E-state index contributed by atoms with van der Waals surface area (Å²) in [6.07, 6.45) is 2.61. The van der Waals surface area contributed by atoms with Crippen molar-refractivity contribution in [2.75, 3.05) is 0 Å². The van der Waals surface area contributed by atoms with Crippen molar-refractivity contribution < 1.29 is 9.53 Å². The summed E-state index contributed by atoms with van der Waals surface area (Å²) in [6.45, 7) is 8.32. The maximum atomic E-state index is 11.1. The maximum absolute atomic E-state index is 11.1. The molecule has 0 aromatic carbocycles. The van der Waals surface area contributed by atoms with Crippen molar-refractivity contribution in [2.24, 2.45) is 0 Å². The van der Waals surface area contributed by atoms with E-state index in [1.165, 1.54) is 6.92 Å². The SMILES string of the molecule is [C-]#[N+]c1cccc(C2(OC(C)=O)CCC2)n1. The molecule has 82 valence electrons. The molecule has 1 aliphatic carbocycles. The van der Waals surface area contributed by atoms with E-state index in [1.807, 2.05) is 6.07 Å². The minimum atomic E-state index is -0.577. The lowest BCUT2D eigenvalue weighted by molar-refractivity contribution is -0.169. The van der Waals surface area contributed by atoms with Gasteiger partial charge in [0, 0.05) is 6.92 Å². The van der Waals surface area contributed by atoms with Crippen LogP contribution in [0.5, 0.6) is 0 Å². The van der Waals surface area contributed by atoms with Crippen molar-refractivity contribution in [1.29, 1.82) is 0 Å². The molecule has 0 amide bonds. The molecule has 1 aromatic heterocycles. The molecule has 0 unspecified atom stereocenters. The normalized spacial score (nSPS) is 17.0. The molecule has 0 aliphatic heterocycles. The Kier molecular flexibility index (Phi) is 2.61. The summed E-state index contributed by atoms with van der Waals surface area (Å²) in [4.78, 5) is 18.6. The van der Waals surface area contributed by atoms with Crippen LogP contribution in [0, 0.1) is 6.57 Å². The standard InChI is InChI=1S/C12H12N2O2/c1-9(15)16-12(7-4-8-12)10-5-3-6-11(13-2)14-10/h3,5-6H,4,7-8H2,1H3. The number of nitrogens with zero attached hydrogens (tertiary/aromatic N) is 2. The van der Waals surface area contributed by atoms with Crippen LogP contribution in [0.4, 0.5) is 5.82 Å². The first-order valence-corrected chi connectivity index (χ1v) is 5.21. The number of carbonyl (C=O) groups is 1.